The first-order valence-corrected chi connectivity index (χ1v) is 14.9. The van der Waals surface area contributed by atoms with Crippen molar-refractivity contribution in [3.63, 3.8) is 0 Å². The molecule has 2 aromatic carbocycles. The summed E-state index contributed by atoms with van der Waals surface area (Å²) in [7, 11) is 1.67. The van der Waals surface area contributed by atoms with E-state index in [1.54, 1.807) is 19.2 Å². The lowest BCUT2D eigenvalue weighted by atomic mass is 9.57. The number of anilines is 1. The number of amides is 2. The molecule has 41 heavy (non-hydrogen) atoms. The third kappa shape index (κ3) is 5.94. The molecule has 222 valence electrons. The second-order valence-corrected chi connectivity index (χ2v) is 13.3. The number of hydrogen-bond acceptors (Lipinski definition) is 5. The van der Waals surface area contributed by atoms with Crippen LogP contribution in [-0.2, 0) is 4.79 Å². The maximum atomic E-state index is 13.9. The summed E-state index contributed by atoms with van der Waals surface area (Å²) in [4.78, 5) is 31.1. The molecule has 3 aliphatic rings. The molecular formula is C33H44FN3O4. The number of aliphatic hydroxyl groups is 1. The van der Waals surface area contributed by atoms with Gasteiger partial charge in [-0.05, 0) is 86.1 Å². The van der Waals surface area contributed by atoms with E-state index in [2.05, 4.69) is 24.1 Å². The van der Waals surface area contributed by atoms with Crippen molar-refractivity contribution >= 4 is 17.5 Å². The first kappa shape index (κ1) is 29.4. The number of fused-ring (bicyclic) bond motifs is 1. The van der Waals surface area contributed by atoms with Crippen molar-refractivity contribution in [2.45, 2.75) is 70.9 Å². The van der Waals surface area contributed by atoms with Gasteiger partial charge >= 0.3 is 0 Å². The highest BCUT2D eigenvalue weighted by Crippen LogP contribution is 2.64. The molecule has 2 saturated carbocycles. The predicted octanol–water partition coefficient (Wildman–Crippen LogP) is 5.03. The molecular weight excluding hydrogens is 521 g/mol. The monoisotopic (exact) mass is 565 g/mol. The van der Waals surface area contributed by atoms with E-state index < -0.39 is 11.4 Å². The van der Waals surface area contributed by atoms with Crippen LogP contribution in [0.2, 0.25) is 0 Å². The normalized spacial score (nSPS) is 29.1. The number of ether oxygens (including phenoxy) is 1. The van der Waals surface area contributed by atoms with E-state index in [0.717, 1.165) is 37.4 Å². The number of para-hydroxylation sites is 2. The van der Waals surface area contributed by atoms with Gasteiger partial charge in [0.1, 0.15) is 11.6 Å². The molecule has 0 unspecified atom stereocenters. The average molecular weight is 566 g/mol. The van der Waals surface area contributed by atoms with Gasteiger partial charge in [0.2, 0.25) is 5.91 Å². The number of carbonyl (C=O) groups is 2. The van der Waals surface area contributed by atoms with Crippen LogP contribution in [0.5, 0.6) is 5.75 Å². The molecule has 1 aliphatic heterocycles. The Hall–Kier alpha value is -3.13. The minimum absolute atomic E-state index is 0.131. The maximum absolute atomic E-state index is 13.9. The van der Waals surface area contributed by atoms with Gasteiger partial charge in [-0.15, -0.1) is 0 Å². The highest BCUT2D eigenvalue weighted by atomic mass is 19.1. The highest BCUT2D eigenvalue weighted by Gasteiger charge is 2.61. The Morgan fingerprint density at radius 2 is 1.76 bits per heavy atom. The van der Waals surface area contributed by atoms with Crippen LogP contribution < -0.4 is 15.0 Å². The first-order chi connectivity index (χ1) is 19.4. The Kier molecular flexibility index (Phi) is 8.07. The van der Waals surface area contributed by atoms with Gasteiger partial charge in [0.05, 0.1) is 18.4 Å². The Bertz CT molecular complexity index is 1270. The molecule has 2 amide bonds. The zero-order valence-electron chi connectivity index (χ0n) is 24.8. The fourth-order valence-corrected chi connectivity index (χ4v) is 7.89. The summed E-state index contributed by atoms with van der Waals surface area (Å²) in [6.45, 7) is 9.09. The number of carbonyl (C=O) groups excluding carboxylic acids is 2. The van der Waals surface area contributed by atoms with Gasteiger partial charge < -0.3 is 25.0 Å². The minimum atomic E-state index is -0.772. The zero-order valence-corrected chi connectivity index (χ0v) is 24.8. The van der Waals surface area contributed by atoms with Crippen LogP contribution in [0.4, 0.5) is 10.1 Å². The lowest BCUT2D eigenvalue weighted by Crippen LogP contribution is -2.53. The standard InChI is InChI=1S/C33H44FN3O4/c1-31(2)22-28(35-30(39)23-8-7-9-24(34)20-23)33(15-14-32(3,40)21-27(31)33)13-12-29(38)37-18-16-36(17-19-37)25-10-5-6-11-26(25)41-4/h5-11,20,27-28,40H,12-19,21-22H2,1-4H3,(H,35,39)/t27-,28-,32-,33-/m0/s1. The van der Waals surface area contributed by atoms with Crippen LogP contribution in [0.15, 0.2) is 48.5 Å². The number of nitrogens with zero attached hydrogens (tertiary/aromatic N) is 2. The summed E-state index contributed by atoms with van der Waals surface area (Å²) in [5.41, 5.74) is 0.125. The Labute approximate surface area is 243 Å². The Balaban J connectivity index is 1.30. The van der Waals surface area contributed by atoms with Crippen molar-refractivity contribution in [1.82, 2.24) is 10.2 Å². The molecule has 3 fully saturated rings. The number of rotatable bonds is 7. The Morgan fingerprint density at radius 1 is 1.02 bits per heavy atom. The molecule has 4 atom stereocenters. The number of halogens is 1. The molecule has 0 radical (unpaired) electrons. The molecule has 2 N–H and O–H groups in total. The van der Waals surface area contributed by atoms with Crippen LogP contribution in [0.3, 0.4) is 0 Å². The second-order valence-electron chi connectivity index (χ2n) is 13.3. The van der Waals surface area contributed by atoms with E-state index in [1.807, 2.05) is 36.1 Å². The fourth-order valence-electron chi connectivity index (χ4n) is 7.89. The minimum Gasteiger partial charge on any atom is -0.495 e. The summed E-state index contributed by atoms with van der Waals surface area (Å²) in [5.74, 6) is 0.381. The quantitative estimate of drug-likeness (QED) is 0.492. The molecule has 2 aliphatic carbocycles. The number of benzene rings is 2. The van der Waals surface area contributed by atoms with E-state index in [1.165, 1.54) is 12.1 Å². The molecule has 0 spiro atoms. The van der Waals surface area contributed by atoms with Crippen molar-refractivity contribution in [2.75, 3.05) is 38.2 Å². The fraction of sp³-hybridized carbons (Fsp3) is 0.576. The first-order valence-electron chi connectivity index (χ1n) is 14.9. The molecule has 2 aromatic rings. The topological polar surface area (TPSA) is 82.1 Å². The summed E-state index contributed by atoms with van der Waals surface area (Å²) >= 11 is 0. The van der Waals surface area contributed by atoms with Crippen LogP contribution >= 0.6 is 0 Å². The van der Waals surface area contributed by atoms with Crippen molar-refractivity contribution < 1.29 is 23.8 Å². The number of piperazine rings is 1. The van der Waals surface area contributed by atoms with E-state index in [9.17, 15) is 19.1 Å². The number of nitrogens with one attached hydrogen (secondary N) is 1. The van der Waals surface area contributed by atoms with Gasteiger partial charge in [-0.1, -0.05) is 32.0 Å². The maximum Gasteiger partial charge on any atom is 0.251 e. The van der Waals surface area contributed by atoms with Gasteiger partial charge in [0, 0.05) is 44.2 Å². The summed E-state index contributed by atoms with van der Waals surface area (Å²) in [5, 5.41) is 14.3. The van der Waals surface area contributed by atoms with Crippen molar-refractivity contribution in [3.05, 3.63) is 59.9 Å². The number of methoxy groups -OCH3 is 1. The molecule has 7 nitrogen and oxygen atoms in total. The Morgan fingerprint density at radius 3 is 2.46 bits per heavy atom. The molecule has 0 bridgehead atoms. The van der Waals surface area contributed by atoms with Gasteiger partial charge in [0.15, 0.2) is 0 Å². The molecule has 0 aromatic heterocycles. The third-order valence-corrected chi connectivity index (χ3v) is 10.1. The SMILES string of the molecule is COc1ccccc1N1CCN(C(=O)CC[C@]23CC[C@](C)(O)C[C@H]2C(C)(C)C[C@@H]3NC(=O)c2cccc(F)c2)CC1. The smallest absolute Gasteiger partial charge is 0.251 e. The summed E-state index contributed by atoms with van der Waals surface area (Å²) in [6.07, 6.45) is 3.79. The summed E-state index contributed by atoms with van der Waals surface area (Å²) < 4.78 is 19.4. The molecule has 1 heterocycles. The molecule has 1 saturated heterocycles. The second kappa shape index (κ2) is 11.3. The van der Waals surface area contributed by atoms with Crippen molar-refractivity contribution in [2.24, 2.45) is 16.7 Å². The zero-order chi connectivity index (χ0) is 29.4. The van der Waals surface area contributed by atoms with Gasteiger partial charge in [-0.2, -0.15) is 0 Å². The van der Waals surface area contributed by atoms with Crippen LogP contribution in [0.25, 0.3) is 0 Å². The predicted molar refractivity (Wildman–Crippen MR) is 157 cm³/mol. The lowest BCUT2D eigenvalue weighted by molar-refractivity contribution is -0.133. The summed E-state index contributed by atoms with van der Waals surface area (Å²) in [6, 6.07) is 13.6. The average Bonchev–Trinajstić information content (AvgIpc) is 3.16. The van der Waals surface area contributed by atoms with Gasteiger partial charge in [-0.25, -0.2) is 4.39 Å². The molecule has 8 heteroatoms. The van der Waals surface area contributed by atoms with E-state index >= 15 is 0 Å². The van der Waals surface area contributed by atoms with E-state index in [4.69, 9.17) is 4.74 Å². The van der Waals surface area contributed by atoms with Crippen LogP contribution in [0.1, 0.15) is 69.7 Å². The van der Waals surface area contributed by atoms with E-state index in [0.29, 0.717) is 44.3 Å². The highest BCUT2D eigenvalue weighted by molar-refractivity contribution is 5.94. The molecule has 5 rings (SSSR count). The van der Waals surface area contributed by atoms with Gasteiger partial charge in [-0.3, -0.25) is 9.59 Å². The van der Waals surface area contributed by atoms with Crippen molar-refractivity contribution in [1.29, 1.82) is 0 Å². The number of hydrogen-bond donors (Lipinski definition) is 2. The third-order valence-electron chi connectivity index (χ3n) is 10.1. The van der Waals surface area contributed by atoms with E-state index in [-0.39, 0.29) is 34.6 Å². The van der Waals surface area contributed by atoms with Crippen LogP contribution in [-0.4, -0.2) is 66.8 Å². The largest absolute Gasteiger partial charge is 0.495 e. The van der Waals surface area contributed by atoms with Gasteiger partial charge in [0.25, 0.3) is 5.91 Å². The van der Waals surface area contributed by atoms with Crippen molar-refractivity contribution in [3.8, 4) is 5.75 Å². The van der Waals surface area contributed by atoms with Crippen LogP contribution in [0, 0.1) is 22.6 Å². The lowest BCUT2D eigenvalue weighted by Gasteiger charge is -2.51.